The van der Waals surface area contributed by atoms with Crippen LogP contribution in [0.2, 0.25) is 0 Å². The van der Waals surface area contributed by atoms with Crippen LogP contribution in [-0.2, 0) is 0 Å². The van der Waals surface area contributed by atoms with E-state index in [0.717, 1.165) is 27.5 Å². The second-order valence-electron chi connectivity index (χ2n) is 5.12. The summed E-state index contributed by atoms with van der Waals surface area (Å²) in [4.78, 5) is 4.17. The van der Waals surface area contributed by atoms with E-state index in [2.05, 4.69) is 26.5 Å². The van der Waals surface area contributed by atoms with E-state index in [0.29, 0.717) is 11.4 Å². The number of aromatic nitrogens is 4. The molecule has 0 saturated carbocycles. The third-order valence-corrected chi connectivity index (χ3v) is 3.78. The predicted octanol–water partition coefficient (Wildman–Crippen LogP) is 3.56. The molecule has 0 aliphatic rings. The summed E-state index contributed by atoms with van der Waals surface area (Å²) in [6, 6.07) is 18.1. The minimum atomic E-state index is 0.296. The minimum Gasteiger partial charge on any atom is -0.264 e. The first-order valence-corrected chi connectivity index (χ1v) is 7.11. The molecule has 108 valence electrons. The molecule has 0 fully saturated rings. The number of aromatic amines is 1. The molecule has 0 radical (unpaired) electrons. The smallest absolute Gasteiger partial charge is 0.190 e. The number of nitrogens with zero attached hydrogens (tertiary/aromatic N) is 4. The van der Waals surface area contributed by atoms with Crippen LogP contribution < -0.4 is 0 Å². The van der Waals surface area contributed by atoms with Crippen molar-refractivity contribution in [2.24, 2.45) is 0 Å². The van der Waals surface area contributed by atoms with Gasteiger partial charge >= 0.3 is 0 Å². The van der Waals surface area contributed by atoms with E-state index in [1.807, 2.05) is 54.7 Å². The molecule has 4 aromatic rings. The van der Waals surface area contributed by atoms with Crippen molar-refractivity contribution in [1.82, 2.24) is 20.4 Å². The van der Waals surface area contributed by atoms with Gasteiger partial charge in [-0.25, -0.2) is 0 Å². The van der Waals surface area contributed by atoms with Crippen LogP contribution in [0.25, 0.3) is 33.2 Å². The Balaban J connectivity index is 1.91. The first kappa shape index (κ1) is 13.2. The number of benzene rings is 2. The van der Waals surface area contributed by atoms with E-state index in [9.17, 15) is 0 Å². The highest BCUT2D eigenvalue weighted by molar-refractivity contribution is 5.96. The van der Waals surface area contributed by atoms with Crippen molar-refractivity contribution in [2.75, 3.05) is 0 Å². The largest absolute Gasteiger partial charge is 0.264 e. The molecular formula is C18H11N5. The van der Waals surface area contributed by atoms with E-state index < -0.39 is 0 Å². The molecule has 0 unspecified atom stereocenters. The highest BCUT2D eigenvalue weighted by atomic mass is 15.3. The molecule has 0 saturated heterocycles. The molecular weight excluding hydrogens is 286 g/mol. The van der Waals surface area contributed by atoms with Crippen LogP contribution in [0.4, 0.5) is 0 Å². The molecule has 2 aromatic carbocycles. The van der Waals surface area contributed by atoms with Gasteiger partial charge in [0.25, 0.3) is 0 Å². The standard InChI is InChI=1S/C18H11N5/c19-10-17-18(22-23-21-17)13-4-1-3-12(9-13)15-6-2-5-14-11-20-8-7-16(14)15/h1-9,11H,(H,21,22,23). The van der Waals surface area contributed by atoms with Crippen LogP contribution in [0.3, 0.4) is 0 Å². The summed E-state index contributed by atoms with van der Waals surface area (Å²) in [5, 5.41) is 21.8. The fourth-order valence-corrected chi connectivity index (χ4v) is 2.72. The van der Waals surface area contributed by atoms with E-state index in [4.69, 9.17) is 5.26 Å². The quantitative estimate of drug-likeness (QED) is 0.613. The van der Waals surface area contributed by atoms with Crippen molar-refractivity contribution in [1.29, 1.82) is 5.26 Å². The molecule has 0 aliphatic carbocycles. The summed E-state index contributed by atoms with van der Waals surface area (Å²) in [6.07, 6.45) is 3.65. The van der Waals surface area contributed by atoms with Gasteiger partial charge in [0.1, 0.15) is 11.8 Å². The molecule has 0 bridgehead atoms. The highest BCUT2D eigenvalue weighted by Gasteiger charge is 2.11. The lowest BCUT2D eigenvalue weighted by Crippen LogP contribution is -1.86. The minimum absolute atomic E-state index is 0.296. The zero-order chi connectivity index (χ0) is 15.6. The Morgan fingerprint density at radius 2 is 1.83 bits per heavy atom. The maximum Gasteiger partial charge on any atom is 0.190 e. The van der Waals surface area contributed by atoms with E-state index in [1.54, 1.807) is 6.20 Å². The molecule has 2 heterocycles. The second-order valence-corrected chi connectivity index (χ2v) is 5.12. The molecule has 5 heteroatoms. The number of fused-ring (bicyclic) bond motifs is 1. The SMILES string of the molecule is N#Cc1n[nH]nc1-c1cccc(-c2cccc3cnccc23)c1. The van der Waals surface area contributed by atoms with Gasteiger partial charge in [-0.05, 0) is 28.6 Å². The summed E-state index contributed by atoms with van der Waals surface area (Å²) >= 11 is 0. The van der Waals surface area contributed by atoms with Crippen molar-refractivity contribution in [2.45, 2.75) is 0 Å². The number of rotatable bonds is 2. The molecule has 0 spiro atoms. The predicted molar refractivity (Wildman–Crippen MR) is 87.3 cm³/mol. The number of nitrogens with one attached hydrogen (secondary N) is 1. The van der Waals surface area contributed by atoms with Crippen molar-refractivity contribution in [3.63, 3.8) is 0 Å². The maximum atomic E-state index is 9.12. The first-order chi connectivity index (χ1) is 11.4. The number of pyridine rings is 1. The van der Waals surface area contributed by atoms with Crippen molar-refractivity contribution in [3.05, 3.63) is 66.6 Å². The molecule has 2 aromatic heterocycles. The van der Waals surface area contributed by atoms with Crippen LogP contribution >= 0.6 is 0 Å². The Labute approximate surface area is 132 Å². The van der Waals surface area contributed by atoms with Gasteiger partial charge in [0.2, 0.25) is 0 Å². The average molecular weight is 297 g/mol. The average Bonchev–Trinajstić information content (AvgIpc) is 3.10. The third-order valence-electron chi connectivity index (χ3n) is 3.78. The van der Waals surface area contributed by atoms with Gasteiger partial charge in [-0.3, -0.25) is 4.98 Å². The maximum absolute atomic E-state index is 9.12. The van der Waals surface area contributed by atoms with Gasteiger partial charge in [0.05, 0.1) is 0 Å². The van der Waals surface area contributed by atoms with E-state index >= 15 is 0 Å². The monoisotopic (exact) mass is 297 g/mol. The molecule has 0 amide bonds. The summed E-state index contributed by atoms with van der Waals surface area (Å²) in [6.45, 7) is 0. The number of hydrogen-bond acceptors (Lipinski definition) is 4. The summed E-state index contributed by atoms with van der Waals surface area (Å²) in [5.74, 6) is 0. The lowest BCUT2D eigenvalue weighted by molar-refractivity contribution is 0.937. The normalized spacial score (nSPS) is 10.6. The first-order valence-electron chi connectivity index (χ1n) is 7.11. The molecule has 23 heavy (non-hydrogen) atoms. The van der Waals surface area contributed by atoms with Crippen molar-refractivity contribution >= 4 is 10.8 Å². The Bertz CT molecular complexity index is 1040. The Hall–Kier alpha value is -3.52. The lowest BCUT2D eigenvalue weighted by Gasteiger charge is -2.08. The summed E-state index contributed by atoms with van der Waals surface area (Å²) in [5.41, 5.74) is 3.90. The van der Waals surface area contributed by atoms with Crippen molar-refractivity contribution in [3.8, 4) is 28.5 Å². The van der Waals surface area contributed by atoms with Gasteiger partial charge in [-0.15, -0.1) is 5.10 Å². The van der Waals surface area contributed by atoms with Crippen LogP contribution in [0.5, 0.6) is 0 Å². The molecule has 4 rings (SSSR count). The number of hydrogen-bond donors (Lipinski definition) is 1. The van der Waals surface area contributed by atoms with Gasteiger partial charge in [-0.1, -0.05) is 36.4 Å². The molecule has 5 nitrogen and oxygen atoms in total. The summed E-state index contributed by atoms with van der Waals surface area (Å²) in [7, 11) is 0. The summed E-state index contributed by atoms with van der Waals surface area (Å²) < 4.78 is 0. The molecule has 0 atom stereocenters. The topological polar surface area (TPSA) is 78.2 Å². The fourth-order valence-electron chi connectivity index (χ4n) is 2.72. The van der Waals surface area contributed by atoms with E-state index in [1.165, 1.54) is 0 Å². The van der Waals surface area contributed by atoms with Crippen LogP contribution in [0, 0.1) is 11.3 Å². The molecule has 0 aliphatic heterocycles. The third kappa shape index (κ3) is 2.23. The van der Waals surface area contributed by atoms with Crippen LogP contribution in [-0.4, -0.2) is 20.4 Å². The lowest BCUT2D eigenvalue weighted by atomic mass is 9.97. The fraction of sp³-hybridized carbons (Fsp3) is 0. The number of nitriles is 1. The molecule has 1 N–H and O–H groups in total. The zero-order valence-corrected chi connectivity index (χ0v) is 12.1. The van der Waals surface area contributed by atoms with Gasteiger partial charge in [0, 0.05) is 23.3 Å². The Kier molecular flexibility index (Phi) is 3.06. The highest BCUT2D eigenvalue weighted by Crippen LogP contribution is 2.31. The van der Waals surface area contributed by atoms with Crippen LogP contribution in [0.1, 0.15) is 5.69 Å². The van der Waals surface area contributed by atoms with Gasteiger partial charge in [0.15, 0.2) is 5.69 Å². The van der Waals surface area contributed by atoms with Gasteiger partial charge in [-0.2, -0.15) is 15.6 Å². The number of H-pyrrole nitrogens is 1. The second kappa shape index (κ2) is 5.35. The van der Waals surface area contributed by atoms with Crippen LogP contribution in [0.15, 0.2) is 60.9 Å². The van der Waals surface area contributed by atoms with Gasteiger partial charge < -0.3 is 0 Å². The van der Waals surface area contributed by atoms with Crippen molar-refractivity contribution < 1.29 is 0 Å². The van der Waals surface area contributed by atoms with E-state index in [-0.39, 0.29) is 0 Å². The zero-order valence-electron chi connectivity index (χ0n) is 12.1. The Morgan fingerprint density at radius 1 is 0.957 bits per heavy atom. The Morgan fingerprint density at radius 3 is 2.74 bits per heavy atom.